The second kappa shape index (κ2) is 6.59. The first-order valence-corrected chi connectivity index (χ1v) is 9.68. The minimum absolute atomic E-state index is 0.0335. The van der Waals surface area contributed by atoms with Gasteiger partial charge in [0.1, 0.15) is 10.7 Å². The molecule has 11 heteroatoms. The number of carbonyl (C=O) groups excluding carboxylic acids is 3. The average molecular weight is 394 g/mol. The van der Waals surface area contributed by atoms with E-state index in [9.17, 15) is 22.8 Å². The number of pyridine rings is 1. The molecule has 0 aromatic carbocycles. The van der Waals surface area contributed by atoms with Crippen LogP contribution in [0.1, 0.15) is 20.0 Å². The van der Waals surface area contributed by atoms with E-state index in [2.05, 4.69) is 15.6 Å². The Morgan fingerprint density at radius 1 is 1.27 bits per heavy atom. The van der Waals surface area contributed by atoms with Crippen molar-refractivity contribution in [2.24, 2.45) is 0 Å². The SMILES string of the molecule is CNC(=O)c1ccc(NC(=O)C2C(=O)c3sccc3S(=O)(=O)N2C)nc1. The number of hydrogen-bond donors (Lipinski definition) is 2. The van der Waals surface area contributed by atoms with Crippen LogP contribution in [-0.4, -0.2) is 55.4 Å². The van der Waals surface area contributed by atoms with Crippen molar-refractivity contribution < 1.29 is 22.8 Å². The van der Waals surface area contributed by atoms with Crippen LogP contribution in [0, 0.1) is 0 Å². The number of ketones is 1. The summed E-state index contributed by atoms with van der Waals surface area (Å²) < 4.78 is 25.7. The van der Waals surface area contributed by atoms with Crippen molar-refractivity contribution in [2.45, 2.75) is 10.9 Å². The van der Waals surface area contributed by atoms with Crippen LogP contribution in [0.5, 0.6) is 0 Å². The third kappa shape index (κ3) is 2.89. The summed E-state index contributed by atoms with van der Waals surface area (Å²) in [6, 6.07) is 2.66. The topological polar surface area (TPSA) is 126 Å². The molecular formula is C15H14N4O5S2. The highest BCUT2D eigenvalue weighted by atomic mass is 32.2. The van der Waals surface area contributed by atoms with Crippen LogP contribution in [-0.2, 0) is 14.8 Å². The van der Waals surface area contributed by atoms with E-state index in [0.29, 0.717) is 5.56 Å². The summed E-state index contributed by atoms with van der Waals surface area (Å²) in [6.45, 7) is 0. The van der Waals surface area contributed by atoms with Gasteiger partial charge in [-0.3, -0.25) is 14.4 Å². The van der Waals surface area contributed by atoms with Crippen molar-refractivity contribution in [3.63, 3.8) is 0 Å². The van der Waals surface area contributed by atoms with Gasteiger partial charge in [-0.15, -0.1) is 11.3 Å². The van der Waals surface area contributed by atoms with Crippen LogP contribution >= 0.6 is 11.3 Å². The molecule has 0 fully saturated rings. The highest BCUT2D eigenvalue weighted by molar-refractivity contribution is 7.89. The summed E-state index contributed by atoms with van der Waals surface area (Å²) in [6.07, 6.45) is 1.26. The Labute approximate surface area is 153 Å². The predicted octanol–water partition coefficient (Wildman–Crippen LogP) is 0.327. The number of nitrogens with one attached hydrogen (secondary N) is 2. The molecule has 0 spiro atoms. The lowest BCUT2D eigenvalue weighted by atomic mass is 10.1. The molecule has 0 saturated carbocycles. The first kappa shape index (κ1) is 18.2. The van der Waals surface area contributed by atoms with Gasteiger partial charge in [-0.2, -0.15) is 4.31 Å². The number of amides is 2. The molecule has 9 nitrogen and oxygen atoms in total. The fraction of sp³-hybridized carbons (Fsp3) is 0.200. The average Bonchev–Trinajstić information content (AvgIpc) is 3.11. The van der Waals surface area contributed by atoms with Gasteiger partial charge >= 0.3 is 0 Å². The fourth-order valence-electron chi connectivity index (χ4n) is 2.49. The van der Waals surface area contributed by atoms with Gasteiger partial charge < -0.3 is 10.6 Å². The van der Waals surface area contributed by atoms with Crippen molar-refractivity contribution in [1.29, 1.82) is 0 Å². The fourth-order valence-corrected chi connectivity index (χ4v) is 5.14. The smallest absolute Gasteiger partial charge is 0.252 e. The van der Waals surface area contributed by atoms with Gasteiger partial charge in [0.2, 0.25) is 15.8 Å². The van der Waals surface area contributed by atoms with Crippen LogP contribution in [0.15, 0.2) is 34.7 Å². The summed E-state index contributed by atoms with van der Waals surface area (Å²) in [4.78, 5) is 40.5. The van der Waals surface area contributed by atoms with E-state index in [1.165, 1.54) is 43.9 Å². The number of Topliss-reactive ketones (excluding diaryl/α,β-unsaturated/α-hetero) is 1. The van der Waals surface area contributed by atoms with Crippen LogP contribution in [0.4, 0.5) is 5.82 Å². The molecule has 1 unspecified atom stereocenters. The molecule has 2 aromatic rings. The Kier molecular flexibility index (Phi) is 4.61. The molecule has 0 aliphatic carbocycles. The Morgan fingerprint density at radius 3 is 2.62 bits per heavy atom. The van der Waals surface area contributed by atoms with Gasteiger partial charge in [-0.05, 0) is 23.6 Å². The van der Waals surface area contributed by atoms with Gasteiger partial charge in [-0.25, -0.2) is 13.4 Å². The lowest BCUT2D eigenvalue weighted by Crippen LogP contribution is -2.52. The maximum atomic E-state index is 12.6. The maximum Gasteiger partial charge on any atom is 0.252 e. The standard InChI is InChI=1S/C15H14N4O5S2/c1-16-14(21)8-3-4-10(17-7-8)18-15(22)11-12(20)13-9(5-6-25-13)26(23,24)19(11)2/h3-7,11H,1-2H3,(H,16,21)(H,17,18,22). The van der Waals surface area contributed by atoms with E-state index in [1.807, 2.05) is 0 Å². The molecule has 0 bridgehead atoms. The van der Waals surface area contributed by atoms with Gasteiger partial charge in [-0.1, -0.05) is 0 Å². The second-order valence-electron chi connectivity index (χ2n) is 5.40. The Morgan fingerprint density at radius 2 is 2.00 bits per heavy atom. The van der Waals surface area contributed by atoms with Crippen LogP contribution in [0.25, 0.3) is 0 Å². The Hall–Kier alpha value is -2.63. The number of likely N-dealkylation sites (N-methyl/N-ethyl adjacent to an activating group) is 1. The molecule has 3 heterocycles. The van der Waals surface area contributed by atoms with E-state index in [1.54, 1.807) is 0 Å². The number of rotatable bonds is 3. The number of carbonyl (C=O) groups is 3. The molecule has 136 valence electrons. The number of hydrogen-bond acceptors (Lipinski definition) is 7. The minimum Gasteiger partial charge on any atom is -0.355 e. The van der Waals surface area contributed by atoms with Crippen molar-refractivity contribution in [3.8, 4) is 0 Å². The molecular weight excluding hydrogens is 380 g/mol. The molecule has 2 aromatic heterocycles. The van der Waals surface area contributed by atoms with Gasteiger partial charge in [0.15, 0.2) is 6.04 Å². The van der Waals surface area contributed by atoms with E-state index in [4.69, 9.17) is 0 Å². The molecule has 26 heavy (non-hydrogen) atoms. The van der Waals surface area contributed by atoms with E-state index in [0.717, 1.165) is 15.6 Å². The van der Waals surface area contributed by atoms with Crippen molar-refractivity contribution in [1.82, 2.24) is 14.6 Å². The molecule has 2 amide bonds. The van der Waals surface area contributed by atoms with Crippen molar-refractivity contribution in [2.75, 3.05) is 19.4 Å². The monoisotopic (exact) mass is 394 g/mol. The number of aromatic nitrogens is 1. The largest absolute Gasteiger partial charge is 0.355 e. The first-order chi connectivity index (χ1) is 12.3. The van der Waals surface area contributed by atoms with Crippen LogP contribution in [0.2, 0.25) is 0 Å². The summed E-state index contributed by atoms with van der Waals surface area (Å²) in [5.74, 6) is -1.65. The van der Waals surface area contributed by atoms with Crippen LogP contribution in [0.3, 0.4) is 0 Å². The van der Waals surface area contributed by atoms with E-state index >= 15 is 0 Å². The molecule has 1 aliphatic heterocycles. The molecule has 1 aliphatic rings. The molecule has 3 rings (SSSR count). The normalized spacial score (nSPS) is 18.8. The molecule has 0 radical (unpaired) electrons. The second-order valence-corrected chi connectivity index (χ2v) is 8.28. The lowest BCUT2D eigenvalue weighted by Gasteiger charge is -2.29. The zero-order chi connectivity index (χ0) is 19.1. The third-order valence-corrected chi connectivity index (χ3v) is 6.80. The van der Waals surface area contributed by atoms with Gasteiger partial charge in [0, 0.05) is 20.3 Å². The van der Waals surface area contributed by atoms with E-state index < -0.39 is 27.8 Å². The first-order valence-electron chi connectivity index (χ1n) is 7.36. The zero-order valence-corrected chi connectivity index (χ0v) is 15.3. The van der Waals surface area contributed by atoms with E-state index in [-0.39, 0.29) is 21.5 Å². The number of fused-ring (bicyclic) bond motifs is 1. The quantitative estimate of drug-likeness (QED) is 0.723. The van der Waals surface area contributed by atoms with Gasteiger partial charge in [0.05, 0.1) is 10.4 Å². The Bertz CT molecular complexity index is 997. The molecule has 2 N–H and O–H groups in total. The number of nitrogens with zero attached hydrogens (tertiary/aromatic N) is 2. The molecule has 1 atom stereocenters. The highest BCUT2D eigenvalue weighted by Crippen LogP contribution is 2.32. The lowest BCUT2D eigenvalue weighted by molar-refractivity contribution is -0.118. The number of sulfonamides is 1. The number of anilines is 1. The molecule has 0 saturated heterocycles. The maximum absolute atomic E-state index is 12.6. The Balaban J connectivity index is 1.86. The predicted molar refractivity (Wildman–Crippen MR) is 93.6 cm³/mol. The number of thiophene rings is 1. The summed E-state index contributed by atoms with van der Waals surface area (Å²) in [5.41, 5.74) is 0.294. The summed E-state index contributed by atoms with van der Waals surface area (Å²) in [7, 11) is -1.27. The summed E-state index contributed by atoms with van der Waals surface area (Å²) >= 11 is 0.977. The van der Waals surface area contributed by atoms with Crippen molar-refractivity contribution in [3.05, 3.63) is 40.2 Å². The van der Waals surface area contributed by atoms with Crippen LogP contribution < -0.4 is 10.6 Å². The highest BCUT2D eigenvalue weighted by Gasteiger charge is 2.46. The summed E-state index contributed by atoms with van der Waals surface area (Å²) in [5, 5.41) is 6.34. The van der Waals surface area contributed by atoms with Gasteiger partial charge in [0.25, 0.3) is 11.8 Å². The minimum atomic E-state index is -3.93. The third-order valence-electron chi connectivity index (χ3n) is 3.87. The van der Waals surface area contributed by atoms with Crippen molar-refractivity contribution >= 4 is 44.8 Å². The zero-order valence-electron chi connectivity index (χ0n) is 13.7.